The van der Waals surface area contributed by atoms with Crippen molar-refractivity contribution in [1.29, 1.82) is 0 Å². The van der Waals surface area contributed by atoms with Crippen LogP contribution in [0.4, 0.5) is 0 Å². The van der Waals surface area contributed by atoms with Crippen LogP contribution in [-0.4, -0.2) is 18.1 Å². The maximum absolute atomic E-state index is 12.0. The topological polar surface area (TPSA) is 38.3 Å². The van der Waals surface area contributed by atoms with Crippen molar-refractivity contribution >= 4 is 5.91 Å². The number of carbonyl (C=O) groups excluding carboxylic acids is 1. The summed E-state index contributed by atoms with van der Waals surface area (Å²) < 4.78 is 5.71. The minimum atomic E-state index is -0.415. The Bertz CT molecular complexity index is 373. The first kappa shape index (κ1) is 14.6. The monoisotopic (exact) mass is 249 g/mol. The van der Waals surface area contributed by atoms with Gasteiger partial charge in [-0.3, -0.25) is 4.79 Å². The summed E-state index contributed by atoms with van der Waals surface area (Å²) in [6, 6.07) is 7.94. The van der Waals surface area contributed by atoms with Gasteiger partial charge in [0.25, 0.3) is 5.91 Å². The number of amides is 1. The van der Waals surface area contributed by atoms with Crippen molar-refractivity contribution in [2.75, 3.05) is 0 Å². The first-order valence-electron chi connectivity index (χ1n) is 6.60. The molecule has 1 rings (SSSR count). The summed E-state index contributed by atoms with van der Waals surface area (Å²) in [7, 11) is 0. The Labute approximate surface area is 110 Å². The summed E-state index contributed by atoms with van der Waals surface area (Å²) in [6.07, 6.45) is 1.17. The smallest absolute Gasteiger partial charge is 0.261 e. The van der Waals surface area contributed by atoms with E-state index in [1.54, 1.807) is 0 Å². The molecule has 0 bridgehead atoms. The third kappa shape index (κ3) is 4.40. The first-order chi connectivity index (χ1) is 8.56. The summed E-state index contributed by atoms with van der Waals surface area (Å²) in [4.78, 5) is 12.0. The molecule has 0 saturated carbocycles. The number of hydrogen-bond donors (Lipinski definition) is 1. The van der Waals surface area contributed by atoms with Gasteiger partial charge >= 0.3 is 0 Å². The normalized spacial score (nSPS) is 13.8. The summed E-state index contributed by atoms with van der Waals surface area (Å²) in [5, 5.41) is 2.95. The minimum absolute atomic E-state index is 0.0348. The number of rotatable bonds is 6. The molecule has 3 heteroatoms. The largest absolute Gasteiger partial charge is 0.481 e. The third-order valence-electron chi connectivity index (χ3n) is 2.96. The van der Waals surface area contributed by atoms with Gasteiger partial charge in [-0.05, 0) is 38.8 Å². The van der Waals surface area contributed by atoms with Gasteiger partial charge in [-0.25, -0.2) is 0 Å². The van der Waals surface area contributed by atoms with E-state index in [-0.39, 0.29) is 11.9 Å². The molecule has 0 unspecified atom stereocenters. The predicted molar refractivity (Wildman–Crippen MR) is 73.8 cm³/mol. The van der Waals surface area contributed by atoms with Gasteiger partial charge in [0.15, 0.2) is 6.10 Å². The SMILES string of the molecule is CC[C@H](Oc1ccc(C)cc1)C(=O)N[C@@H](C)CC. The van der Waals surface area contributed by atoms with Gasteiger partial charge < -0.3 is 10.1 Å². The Balaban J connectivity index is 2.61. The molecule has 0 aliphatic rings. The van der Waals surface area contributed by atoms with Crippen LogP contribution >= 0.6 is 0 Å². The highest BCUT2D eigenvalue weighted by molar-refractivity contribution is 5.81. The zero-order valence-corrected chi connectivity index (χ0v) is 11.7. The van der Waals surface area contributed by atoms with Crippen molar-refractivity contribution in [2.45, 2.75) is 52.7 Å². The van der Waals surface area contributed by atoms with Gasteiger partial charge in [0.2, 0.25) is 0 Å². The molecule has 1 aromatic carbocycles. The van der Waals surface area contributed by atoms with Crippen LogP contribution < -0.4 is 10.1 Å². The average Bonchev–Trinajstić information content (AvgIpc) is 2.37. The van der Waals surface area contributed by atoms with E-state index in [1.165, 1.54) is 5.56 Å². The van der Waals surface area contributed by atoms with Gasteiger partial charge in [-0.2, -0.15) is 0 Å². The van der Waals surface area contributed by atoms with E-state index in [4.69, 9.17) is 4.74 Å². The number of aryl methyl sites for hydroxylation is 1. The predicted octanol–water partition coefficient (Wildman–Crippen LogP) is 3.07. The highest BCUT2D eigenvalue weighted by Crippen LogP contribution is 2.14. The molecule has 0 aromatic heterocycles. The molecule has 18 heavy (non-hydrogen) atoms. The van der Waals surface area contributed by atoms with Gasteiger partial charge in [0, 0.05) is 6.04 Å². The van der Waals surface area contributed by atoms with E-state index in [1.807, 2.05) is 52.0 Å². The second-order valence-corrected chi connectivity index (χ2v) is 4.65. The van der Waals surface area contributed by atoms with Crippen molar-refractivity contribution in [3.63, 3.8) is 0 Å². The zero-order valence-electron chi connectivity index (χ0n) is 11.7. The molecular weight excluding hydrogens is 226 g/mol. The molecule has 2 atom stereocenters. The second kappa shape index (κ2) is 7.04. The van der Waals surface area contributed by atoms with Crippen molar-refractivity contribution in [3.8, 4) is 5.75 Å². The number of benzene rings is 1. The lowest BCUT2D eigenvalue weighted by atomic mass is 10.2. The zero-order chi connectivity index (χ0) is 13.5. The van der Waals surface area contributed by atoms with Crippen LogP contribution in [0.15, 0.2) is 24.3 Å². The third-order valence-corrected chi connectivity index (χ3v) is 2.96. The maximum Gasteiger partial charge on any atom is 0.261 e. The Hall–Kier alpha value is -1.51. The summed E-state index contributed by atoms with van der Waals surface area (Å²) in [5.41, 5.74) is 1.18. The first-order valence-corrected chi connectivity index (χ1v) is 6.60. The molecule has 1 N–H and O–H groups in total. The van der Waals surface area contributed by atoms with E-state index in [0.717, 1.165) is 12.2 Å². The Morgan fingerprint density at radius 3 is 2.33 bits per heavy atom. The van der Waals surface area contributed by atoms with Gasteiger partial charge in [-0.1, -0.05) is 31.5 Å². The van der Waals surface area contributed by atoms with Crippen molar-refractivity contribution in [3.05, 3.63) is 29.8 Å². The number of nitrogens with one attached hydrogen (secondary N) is 1. The van der Waals surface area contributed by atoms with Crippen LogP contribution in [-0.2, 0) is 4.79 Å². The van der Waals surface area contributed by atoms with Crippen LogP contribution in [0.2, 0.25) is 0 Å². The minimum Gasteiger partial charge on any atom is -0.481 e. The molecule has 0 saturated heterocycles. The van der Waals surface area contributed by atoms with Gasteiger partial charge in [0.1, 0.15) is 5.75 Å². The molecule has 0 aliphatic heterocycles. The van der Waals surface area contributed by atoms with E-state index in [0.29, 0.717) is 6.42 Å². The molecule has 0 spiro atoms. The van der Waals surface area contributed by atoms with Crippen molar-refractivity contribution < 1.29 is 9.53 Å². The molecule has 0 aliphatic carbocycles. The molecule has 0 fully saturated rings. The lowest BCUT2D eigenvalue weighted by Crippen LogP contribution is -2.42. The molecule has 100 valence electrons. The van der Waals surface area contributed by atoms with E-state index >= 15 is 0 Å². The standard InChI is InChI=1S/C15H23NO2/c1-5-12(4)16-15(17)14(6-2)18-13-9-7-11(3)8-10-13/h7-10,12,14H,5-6H2,1-4H3,(H,16,17)/t12-,14-/m0/s1. The van der Waals surface area contributed by atoms with Crippen LogP contribution in [0.3, 0.4) is 0 Å². The van der Waals surface area contributed by atoms with E-state index < -0.39 is 6.10 Å². The fourth-order valence-electron chi connectivity index (χ4n) is 1.54. The molecule has 0 radical (unpaired) electrons. The lowest BCUT2D eigenvalue weighted by Gasteiger charge is -2.19. The summed E-state index contributed by atoms with van der Waals surface area (Å²) in [6.45, 7) is 8.02. The van der Waals surface area contributed by atoms with Crippen LogP contribution in [0.5, 0.6) is 5.75 Å². The second-order valence-electron chi connectivity index (χ2n) is 4.65. The lowest BCUT2D eigenvalue weighted by molar-refractivity contribution is -0.128. The number of ether oxygens (including phenoxy) is 1. The number of hydrogen-bond acceptors (Lipinski definition) is 2. The van der Waals surface area contributed by atoms with Crippen LogP contribution in [0.25, 0.3) is 0 Å². The Morgan fingerprint density at radius 1 is 1.22 bits per heavy atom. The highest BCUT2D eigenvalue weighted by Gasteiger charge is 2.19. The molecule has 1 aromatic rings. The maximum atomic E-state index is 12.0. The Morgan fingerprint density at radius 2 is 1.83 bits per heavy atom. The van der Waals surface area contributed by atoms with Gasteiger partial charge in [-0.15, -0.1) is 0 Å². The van der Waals surface area contributed by atoms with Crippen molar-refractivity contribution in [2.24, 2.45) is 0 Å². The number of carbonyl (C=O) groups is 1. The van der Waals surface area contributed by atoms with E-state index in [9.17, 15) is 4.79 Å². The molecule has 0 heterocycles. The average molecular weight is 249 g/mol. The molecule has 3 nitrogen and oxygen atoms in total. The van der Waals surface area contributed by atoms with E-state index in [2.05, 4.69) is 5.32 Å². The molecule has 1 amide bonds. The van der Waals surface area contributed by atoms with Crippen molar-refractivity contribution in [1.82, 2.24) is 5.32 Å². The van der Waals surface area contributed by atoms with Crippen LogP contribution in [0, 0.1) is 6.92 Å². The van der Waals surface area contributed by atoms with Gasteiger partial charge in [0.05, 0.1) is 0 Å². The summed E-state index contributed by atoms with van der Waals surface area (Å²) in [5.74, 6) is 0.708. The quantitative estimate of drug-likeness (QED) is 0.841. The fraction of sp³-hybridized carbons (Fsp3) is 0.533. The Kier molecular flexibility index (Phi) is 5.69. The summed E-state index contributed by atoms with van der Waals surface area (Å²) >= 11 is 0. The fourth-order valence-corrected chi connectivity index (χ4v) is 1.54. The van der Waals surface area contributed by atoms with Crippen LogP contribution in [0.1, 0.15) is 39.2 Å². The highest BCUT2D eigenvalue weighted by atomic mass is 16.5. The molecular formula is C15H23NO2.